The fourth-order valence-electron chi connectivity index (χ4n) is 2.18. The number of hydrogen-bond acceptors (Lipinski definition) is 4. The fraction of sp³-hybridized carbons (Fsp3) is 0.263. The number of carbonyl (C=O) groups excluding carboxylic acids is 2. The highest BCUT2D eigenvalue weighted by Gasteiger charge is 2.15. The van der Waals surface area contributed by atoms with Crippen molar-refractivity contribution in [3.05, 3.63) is 53.8 Å². The van der Waals surface area contributed by atoms with Crippen molar-refractivity contribution in [2.75, 3.05) is 18.5 Å². The number of nitrogens with one attached hydrogen (secondary N) is 2. The lowest BCUT2D eigenvalue weighted by atomic mass is 10.2. The summed E-state index contributed by atoms with van der Waals surface area (Å²) in [6.07, 6.45) is 0. The number of amides is 2. The van der Waals surface area contributed by atoms with Crippen LogP contribution in [0.3, 0.4) is 0 Å². The fourth-order valence-corrected chi connectivity index (χ4v) is 2.18. The third-order valence-electron chi connectivity index (χ3n) is 3.37. The number of ether oxygens (including phenoxy) is 2. The van der Waals surface area contributed by atoms with Crippen molar-refractivity contribution in [1.82, 2.24) is 5.32 Å². The van der Waals surface area contributed by atoms with Crippen molar-refractivity contribution in [2.45, 2.75) is 20.4 Å². The van der Waals surface area contributed by atoms with Crippen LogP contribution in [-0.4, -0.2) is 25.0 Å². The maximum atomic E-state index is 12.8. The molecule has 2 N–H and O–H groups in total. The molecule has 0 atom stereocenters. The zero-order valence-electron chi connectivity index (χ0n) is 14.7. The van der Waals surface area contributed by atoms with E-state index in [4.69, 9.17) is 9.47 Å². The molecule has 0 radical (unpaired) electrons. The molecule has 0 aliphatic heterocycles. The third-order valence-corrected chi connectivity index (χ3v) is 3.37. The van der Waals surface area contributed by atoms with Gasteiger partial charge in [0, 0.05) is 18.3 Å². The Morgan fingerprint density at radius 3 is 2.23 bits per heavy atom. The molecule has 7 heteroatoms. The maximum Gasteiger partial charge on any atom is 0.313 e. The second-order valence-corrected chi connectivity index (χ2v) is 5.29. The van der Waals surface area contributed by atoms with E-state index in [0.717, 1.165) is 0 Å². The van der Waals surface area contributed by atoms with Crippen molar-refractivity contribution in [3.8, 4) is 11.5 Å². The van der Waals surface area contributed by atoms with E-state index in [-0.39, 0.29) is 12.4 Å². The number of anilines is 1. The minimum atomic E-state index is -0.807. The summed E-state index contributed by atoms with van der Waals surface area (Å²) < 4.78 is 23.8. The van der Waals surface area contributed by atoms with Gasteiger partial charge in [-0.15, -0.1) is 0 Å². The predicted molar refractivity (Wildman–Crippen MR) is 95.7 cm³/mol. The Bertz CT molecular complexity index is 763. The van der Waals surface area contributed by atoms with Crippen LogP contribution in [0.2, 0.25) is 0 Å². The molecule has 0 aliphatic rings. The number of hydrogen-bond donors (Lipinski definition) is 2. The molecule has 0 spiro atoms. The van der Waals surface area contributed by atoms with E-state index < -0.39 is 11.8 Å². The number of carbonyl (C=O) groups is 2. The van der Waals surface area contributed by atoms with Gasteiger partial charge in [0.15, 0.2) is 11.5 Å². The molecule has 0 aliphatic carbocycles. The van der Waals surface area contributed by atoms with Gasteiger partial charge < -0.3 is 20.1 Å². The average molecular weight is 360 g/mol. The highest BCUT2D eigenvalue weighted by Crippen LogP contribution is 2.30. The largest absolute Gasteiger partial charge is 0.490 e. The molecule has 0 aromatic heterocycles. The van der Waals surface area contributed by atoms with Gasteiger partial charge >= 0.3 is 11.8 Å². The summed E-state index contributed by atoms with van der Waals surface area (Å²) >= 11 is 0. The lowest BCUT2D eigenvalue weighted by molar-refractivity contribution is -0.136. The summed E-state index contributed by atoms with van der Waals surface area (Å²) in [4.78, 5) is 23.9. The molecule has 2 aromatic rings. The first-order valence-electron chi connectivity index (χ1n) is 8.26. The average Bonchev–Trinajstić information content (AvgIpc) is 2.63. The van der Waals surface area contributed by atoms with E-state index in [2.05, 4.69) is 10.6 Å². The monoisotopic (exact) mass is 360 g/mol. The van der Waals surface area contributed by atoms with Crippen LogP contribution in [0.5, 0.6) is 11.5 Å². The Morgan fingerprint density at radius 2 is 1.58 bits per heavy atom. The van der Waals surface area contributed by atoms with Gasteiger partial charge in [0.25, 0.3) is 0 Å². The Hall–Kier alpha value is -3.09. The van der Waals surface area contributed by atoms with Crippen LogP contribution in [-0.2, 0) is 16.1 Å². The topological polar surface area (TPSA) is 76.7 Å². The summed E-state index contributed by atoms with van der Waals surface area (Å²) in [5.41, 5.74) is 1.10. The second-order valence-electron chi connectivity index (χ2n) is 5.29. The highest BCUT2D eigenvalue weighted by molar-refractivity contribution is 6.39. The normalized spacial score (nSPS) is 10.1. The van der Waals surface area contributed by atoms with Crippen LogP contribution in [0, 0.1) is 5.82 Å². The van der Waals surface area contributed by atoms with Crippen molar-refractivity contribution in [1.29, 1.82) is 0 Å². The zero-order chi connectivity index (χ0) is 18.9. The molecule has 0 fully saturated rings. The van der Waals surface area contributed by atoms with Gasteiger partial charge in [0.05, 0.1) is 13.2 Å². The van der Waals surface area contributed by atoms with Gasteiger partial charge in [-0.2, -0.15) is 0 Å². The van der Waals surface area contributed by atoms with E-state index in [9.17, 15) is 14.0 Å². The van der Waals surface area contributed by atoms with Gasteiger partial charge in [-0.3, -0.25) is 9.59 Å². The van der Waals surface area contributed by atoms with Crippen molar-refractivity contribution in [2.24, 2.45) is 0 Å². The summed E-state index contributed by atoms with van der Waals surface area (Å²) in [5.74, 6) is -0.912. The maximum absolute atomic E-state index is 12.8. The van der Waals surface area contributed by atoms with Gasteiger partial charge in [0.2, 0.25) is 0 Å². The van der Waals surface area contributed by atoms with E-state index in [0.29, 0.717) is 36.0 Å². The molecule has 2 amide bonds. The molecule has 6 nitrogen and oxygen atoms in total. The van der Waals surface area contributed by atoms with Gasteiger partial charge in [-0.05, 0) is 43.7 Å². The Balaban J connectivity index is 1.96. The molecule has 138 valence electrons. The van der Waals surface area contributed by atoms with Gasteiger partial charge in [0.1, 0.15) is 5.82 Å². The van der Waals surface area contributed by atoms with E-state index in [1.165, 1.54) is 24.3 Å². The summed E-state index contributed by atoms with van der Waals surface area (Å²) in [6, 6.07) is 10.5. The first kappa shape index (κ1) is 19.2. The molecular formula is C19H21FN2O4. The van der Waals surface area contributed by atoms with E-state index in [1.807, 2.05) is 13.8 Å². The summed E-state index contributed by atoms with van der Waals surface area (Å²) in [5, 5.41) is 4.99. The second kappa shape index (κ2) is 9.41. The molecule has 0 saturated carbocycles. The lowest BCUT2D eigenvalue weighted by Gasteiger charge is -2.13. The Labute approximate surface area is 151 Å². The lowest BCUT2D eigenvalue weighted by Crippen LogP contribution is -2.34. The quantitative estimate of drug-likeness (QED) is 0.745. The number of benzene rings is 2. The Morgan fingerprint density at radius 1 is 0.923 bits per heavy atom. The van der Waals surface area contributed by atoms with Crippen LogP contribution in [0.15, 0.2) is 42.5 Å². The molecule has 26 heavy (non-hydrogen) atoms. The van der Waals surface area contributed by atoms with Crippen molar-refractivity contribution >= 4 is 17.5 Å². The van der Waals surface area contributed by atoms with Crippen LogP contribution in [0.1, 0.15) is 19.4 Å². The van der Waals surface area contributed by atoms with E-state index >= 15 is 0 Å². The number of halogens is 1. The molecule has 0 bridgehead atoms. The first-order chi connectivity index (χ1) is 12.5. The smallest absolute Gasteiger partial charge is 0.313 e. The molecular weight excluding hydrogens is 339 g/mol. The van der Waals surface area contributed by atoms with Gasteiger partial charge in [-0.25, -0.2) is 4.39 Å². The molecule has 0 heterocycles. The van der Waals surface area contributed by atoms with E-state index in [1.54, 1.807) is 18.2 Å². The number of rotatable bonds is 7. The molecule has 2 rings (SSSR count). The SMILES string of the molecule is CCOc1ccc(NC(=O)C(=O)NCc2ccc(F)cc2)cc1OCC. The summed E-state index contributed by atoms with van der Waals surface area (Å²) in [7, 11) is 0. The zero-order valence-corrected chi connectivity index (χ0v) is 14.7. The van der Waals surface area contributed by atoms with Crippen LogP contribution < -0.4 is 20.1 Å². The first-order valence-corrected chi connectivity index (χ1v) is 8.26. The minimum absolute atomic E-state index is 0.125. The molecule has 2 aromatic carbocycles. The third kappa shape index (κ3) is 5.47. The van der Waals surface area contributed by atoms with Crippen molar-refractivity contribution in [3.63, 3.8) is 0 Å². The molecule has 0 unspecified atom stereocenters. The summed E-state index contributed by atoms with van der Waals surface area (Å²) in [6.45, 7) is 4.74. The van der Waals surface area contributed by atoms with Crippen LogP contribution >= 0.6 is 0 Å². The Kier molecular flexibility index (Phi) is 6.96. The van der Waals surface area contributed by atoms with Crippen LogP contribution in [0.4, 0.5) is 10.1 Å². The predicted octanol–water partition coefficient (Wildman–Crippen LogP) is 2.88. The van der Waals surface area contributed by atoms with Crippen LogP contribution in [0.25, 0.3) is 0 Å². The molecule has 0 saturated heterocycles. The standard InChI is InChI=1S/C19H21FN2O4/c1-3-25-16-10-9-15(11-17(16)26-4-2)22-19(24)18(23)21-12-13-5-7-14(20)8-6-13/h5-11H,3-4,12H2,1-2H3,(H,21,23)(H,22,24). The van der Waals surface area contributed by atoms with Crippen molar-refractivity contribution < 1.29 is 23.5 Å². The van der Waals surface area contributed by atoms with Gasteiger partial charge in [-0.1, -0.05) is 12.1 Å². The highest BCUT2D eigenvalue weighted by atomic mass is 19.1. The minimum Gasteiger partial charge on any atom is -0.490 e.